The zero-order valence-electron chi connectivity index (χ0n) is 14.2. The molecule has 0 saturated carbocycles. The van der Waals surface area contributed by atoms with E-state index in [9.17, 15) is 19.3 Å². The Morgan fingerprint density at radius 2 is 2.04 bits per heavy atom. The highest BCUT2D eigenvalue weighted by molar-refractivity contribution is 7.57. The Bertz CT molecular complexity index is 842. The van der Waals surface area contributed by atoms with Gasteiger partial charge in [-0.05, 0) is 26.8 Å². The lowest BCUT2D eigenvalue weighted by Gasteiger charge is -2.15. The Hall–Kier alpha value is -2.09. The van der Waals surface area contributed by atoms with Crippen molar-refractivity contribution in [3.8, 4) is 0 Å². The summed E-state index contributed by atoms with van der Waals surface area (Å²) in [5, 5.41) is 10.0. The van der Waals surface area contributed by atoms with Gasteiger partial charge in [-0.25, -0.2) is 4.79 Å². The topological polar surface area (TPSA) is 120 Å². The van der Waals surface area contributed by atoms with Crippen molar-refractivity contribution >= 4 is 7.60 Å². The summed E-state index contributed by atoms with van der Waals surface area (Å²) in [7, 11) is -3.44. The second-order valence-corrected chi connectivity index (χ2v) is 7.15. The molecule has 0 radical (unpaired) electrons. The van der Waals surface area contributed by atoms with Gasteiger partial charge >= 0.3 is 13.3 Å². The molecule has 1 aliphatic heterocycles. The Kier molecular flexibility index (Phi) is 6.05. The standard InChI is InChI=1S/C15H21N2O7P/c1-4-22-25(21,23-5-2)7-6-12-11(18)8-13(24-12)17-9-10(3)14(19)16-15(17)20/h6-7,9,13,18H,4-5,8H2,1-3H3,(H,16,19,20)/b7-6+/t13-/m1/s1. The van der Waals surface area contributed by atoms with Gasteiger partial charge in [0.05, 0.1) is 19.6 Å². The maximum absolute atomic E-state index is 12.4. The highest BCUT2D eigenvalue weighted by atomic mass is 31.2. The third kappa shape index (κ3) is 4.50. The fourth-order valence-electron chi connectivity index (χ4n) is 2.26. The lowest BCUT2D eigenvalue weighted by molar-refractivity contribution is 0.0842. The minimum Gasteiger partial charge on any atom is -0.508 e. The number of aromatic nitrogens is 2. The van der Waals surface area contributed by atoms with Crippen molar-refractivity contribution in [2.24, 2.45) is 0 Å². The molecule has 10 heteroatoms. The van der Waals surface area contributed by atoms with Crippen molar-refractivity contribution in [1.29, 1.82) is 0 Å². The van der Waals surface area contributed by atoms with Crippen LogP contribution in [0.2, 0.25) is 0 Å². The highest BCUT2D eigenvalue weighted by Gasteiger charge is 2.28. The number of nitrogens with one attached hydrogen (secondary N) is 1. The number of aryl methyl sites for hydroxylation is 1. The van der Waals surface area contributed by atoms with Crippen molar-refractivity contribution in [3.63, 3.8) is 0 Å². The molecule has 0 unspecified atom stereocenters. The molecule has 2 heterocycles. The van der Waals surface area contributed by atoms with Gasteiger partial charge in [0.2, 0.25) is 0 Å². The Balaban J connectivity index is 2.21. The maximum Gasteiger partial charge on any atom is 0.354 e. The number of hydrogen-bond acceptors (Lipinski definition) is 7. The third-order valence-electron chi connectivity index (χ3n) is 3.40. The number of hydrogen-bond donors (Lipinski definition) is 2. The van der Waals surface area contributed by atoms with Gasteiger partial charge in [-0.2, -0.15) is 0 Å². The van der Waals surface area contributed by atoms with Crippen molar-refractivity contribution in [2.45, 2.75) is 33.4 Å². The number of aromatic amines is 1. The van der Waals surface area contributed by atoms with Crippen LogP contribution in [0.15, 0.2) is 39.2 Å². The lowest BCUT2D eigenvalue weighted by atomic mass is 10.3. The molecule has 1 aromatic rings. The molecule has 2 N–H and O–H groups in total. The number of allylic oxidation sites excluding steroid dienone is 1. The molecule has 0 bridgehead atoms. The summed E-state index contributed by atoms with van der Waals surface area (Å²) in [6.07, 6.45) is 1.86. The minimum absolute atomic E-state index is 0.0264. The van der Waals surface area contributed by atoms with Crippen LogP contribution < -0.4 is 11.2 Å². The minimum atomic E-state index is -3.44. The molecular weight excluding hydrogens is 351 g/mol. The fraction of sp³-hybridized carbons (Fsp3) is 0.467. The van der Waals surface area contributed by atoms with Crippen LogP contribution in [0.3, 0.4) is 0 Å². The molecular formula is C15H21N2O7P. The van der Waals surface area contributed by atoms with E-state index in [1.165, 1.54) is 22.7 Å². The maximum atomic E-state index is 12.4. The fourth-order valence-corrected chi connectivity index (χ4v) is 3.54. The average Bonchev–Trinajstić information content (AvgIpc) is 2.90. The molecule has 138 valence electrons. The smallest absolute Gasteiger partial charge is 0.354 e. The van der Waals surface area contributed by atoms with Gasteiger partial charge in [-0.1, -0.05) is 0 Å². The SMILES string of the molecule is CCOP(=O)(/C=C/C1=C(O)C[C@H](n2cc(C)c(=O)[nH]c2=O)O1)OCC. The molecule has 0 fully saturated rings. The monoisotopic (exact) mass is 372 g/mol. The predicted octanol–water partition coefficient (Wildman–Crippen LogP) is 2.31. The number of nitrogens with zero attached hydrogens (tertiary/aromatic N) is 1. The summed E-state index contributed by atoms with van der Waals surface area (Å²) in [6, 6.07) is 0. The molecule has 1 atom stereocenters. The van der Waals surface area contributed by atoms with Crippen molar-refractivity contribution < 1.29 is 23.5 Å². The average molecular weight is 372 g/mol. The molecule has 0 aromatic carbocycles. The largest absolute Gasteiger partial charge is 0.508 e. The van der Waals surface area contributed by atoms with E-state index < -0.39 is 25.1 Å². The second-order valence-electron chi connectivity index (χ2n) is 5.26. The molecule has 0 amide bonds. The highest BCUT2D eigenvalue weighted by Crippen LogP contribution is 2.50. The van der Waals surface area contributed by atoms with E-state index in [2.05, 4.69) is 4.98 Å². The van der Waals surface area contributed by atoms with E-state index in [-0.39, 0.29) is 31.2 Å². The Morgan fingerprint density at radius 3 is 2.64 bits per heavy atom. The van der Waals surface area contributed by atoms with E-state index in [4.69, 9.17) is 13.8 Å². The van der Waals surface area contributed by atoms with Crippen LogP contribution in [0, 0.1) is 6.92 Å². The van der Waals surface area contributed by atoms with Crippen molar-refractivity contribution in [1.82, 2.24) is 9.55 Å². The summed E-state index contributed by atoms with van der Waals surface area (Å²) in [6.45, 7) is 5.31. The van der Waals surface area contributed by atoms with Gasteiger partial charge < -0.3 is 18.9 Å². The molecule has 0 aliphatic carbocycles. The van der Waals surface area contributed by atoms with E-state index in [0.717, 1.165) is 0 Å². The van der Waals surface area contributed by atoms with Gasteiger partial charge in [-0.3, -0.25) is 18.9 Å². The third-order valence-corrected chi connectivity index (χ3v) is 5.15. The van der Waals surface area contributed by atoms with Gasteiger partial charge in [0.15, 0.2) is 12.0 Å². The van der Waals surface area contributed by atoms with Crippen molar-refractivity contribution in [2.75, 3.05) is 13.2 Å². The van der Waals surface area contributed by atoms with Gasteiger partial charge in [-0.15, -0.1) is 0 Å². The van der Waals surface area contributed by atoms with Gasteiger partial charge in [0.25, 0.3) is 5.56 Å². The van der Waals surface area contributed by atoms with E-state index >= 15 is 0 Å². The van der Waals surface area contributed by atoms with Gasteiger partial charge in [0, 0.05) is 17.6 Å². The quantitative estimate of drug-likeness (QED) is 0.705. The summed E-state index contributed by atoms with van der Waals surface area (Å²) in [4.78, 5) is 25.5. The van der Waals surface area contributed by atoms with Crippen LogP contribution in [0.5, 0.6) is 0 Å². The van der Waals surface area contributed by atoms with Gasteiger partial charge in [0.1, 0.15) is 5.76 Å². The lowest BCUT2D eigenvalue weighted by Crippen LogP contribution is -2.33. The van der Waals surface area contributed by atoms with Crippen LogP contribution in [0.4, 0.5) is 0 Å². The molecule has 0 spiro atoms. The number of ether oxygens (including phenoxy) is 1. The number of aliphatic hydroxyl groups is 1. The molecule has 1 aliphatic rings. The first-order chi connectivity index (χ1) is 11.8. The van der Waals surface area contributed by atoms with Crippen LogP contribution in [0.1, 0.15) is 32.1 Å². The predicted molar refractivity (Wildman–Crippen MR) is 90.5 cm³/mol. The van der Waals surface area contributed by atoms with Crippen LogP contribution in [-0.4, -0.2) is 27.9 Å². The first-order valence-electron chi connectivity index (χ1n) is 7.78. The molecule has 25 heavy (non-hydrogen) atoms. The van der Waals surface area contributed by atoms with E-state index in [1.54, 1.807) is 20.8 Å². The zero-order chi connectivity index (χ0) is 18.6. The molecule has 0 saturated heterocycles. The normalized spacial score (nSPS) is 18.1. The number of aliphatic hydroxyl groups excluding tert-OH is 1. The van der Waals surface area contributed by atoms with E-state index in [0.29, 0.717) is 5.56 Å². The van der Waals surface area contributed by atoms with Crippen molar-refractivity contribution in [3.05, 3.63) is 56.0 Å². The molecule has 1 aromatic heterocycles. The second kappa shape index (κ2) is 7.86. The number of H-pyrrole nitrogens is 1. The molecule has 2 rings (SSSR count). The number of rotatable bonds is 7. The van der Waals surface area contributed by atoms with Crippen LogP contribution >= 0.6 is 7.60 Å². The van der Waals surface area contributed by atoms with Crippen LogP contribution in [0.25, 0.3) is 0 Å². The first-order valence-corrected chi connectivity index (χ1v) is 9.39. The molecule has 9 nitrogen and oxygen atoms in total. The van der Waals surface area contributed by atoms with Crippen LogP contribution in [-0.2, 0) is 18.3 Å². The first kappa shape index (κ1) is 19.2. The Morgan fingerprint density at radius 1 is 1.40 bits per heavy atom. The zero-order valence-corrected chi connectivity index (χ0v) is 15.1. The summed E-state index contributed by atoms with van der Waals surface area (Å²) in [5.41, 5.74) is -0.789. The summed E-state index contributed by atoms with van der Waals surface area (Å²) in [5.74, 6) is 1.14. The summed E-state index contributed by atoms with van der Waals surface area (Å²) >= 11 is 0. The summed E-state index contributed by atoms with van der Waals surface area (Å²) < 4.78 is 29.3. The Labute approximate surface area is 144 Å². The van der Waals surface area contributed by atoms with E-state index in [1.807, 2.05) is 0 Å².